The Balaban J connectivity index is 1.73. The predicted octanol–water partition coefficient (Wildman–Crippen LogP) is 2.13. The van der Waals surface area contributed by atoms with Crippen LogP contribution >= 0.6 is 0 Å². The molecule has 4 rings (SSSR count). The number of carbonyl (C=O) groups excluding carboxylic acids is 1. The second-order valence-corrected chi connectivity index (χ2v) is 9.58. The van der Waals surface area contributed by atoms with E-state index in [1.54, 1.807) is 24.3 Å². The zero-order valence-electron chi connectivity index (χ0n) is 16.8. The van der Waals surface area contributed by atoms with Crippen molar-refractivity contribution in [3.05, 3.63) is 53.9 Å². The lowest BCUT2D eigenvalue weighted by Gasteiger charge is -2.32. The first kappa shape index (κ1) is 19.6. The molecule has 0 saturated carbocycles. The molecule has 0 bridgehead atoms. The summed E-state index contributed by atoms with van der Waals surface area (Å²) in [6.07, 6.45) is 1.19. The van der Waals surface area contributed by atoms with Crippen molar-refractivity contribution in [2.75, 3.05) is 39.5 Å². The molecular weight excluding hydrogens is 388 g/mol. The maximum Gasteiger partial charge on any atom is 0.254 e. The lowest BCUT2D eigenvalue weighted by Crippen LogP contribution is -2.47. The fourth-order valence-corrected chi connectivity index (χ4v) is 4.32. The van der Waals surface area contributed by atoms with Crippen LogP contribution in [-0.4, -0.2) is 73.2 Å². The third kappa shape index (κ3) is 3.77. The van der Waals surface area contributed by atoms with Crippen LogP contribution in [0.1, 0.15) is 16.2 Å². The highest BCUT2D eigenvalue weighted by atomic mass is 32.2. The molecule has 0 unspecified atom stereocenters. The number of aryl methyl sites for hydroxylation is 1. The van der Waals surface area contributed by atoms with Crippen molar-refractivity contribution >= 4 is 26.8 Å². The number of rotatable bonds is 3. The molecule has 152 valence electrons. The zero-order valence-corrected chi connectivity index (χ0v) is 17.6. The van der Waals surface area contributed by atoms with Crippen molar-refractivity contribution in [1.29, 1.82) is 0 Å². The van der Waals surface area contributed by atoms with E-state index in [1.807, 2.05) is 34.6 Å². The van der Waals surface area contributed by atoms with Crippen molar-refractivity contribution in [3.63, 3.8) is 0 Å². The standard InChI is InChI=1S/C21H24N4O3S/c1-15-22-19-9-4-16(21(26)24-12-10-23(2)11-13-24)14-20(19)25(15)17-5-7-18(8-6-17)29(3,27)28/h4-9,14H,10-13H2,1-3H3. The molecule has 0 spiro atoms. The van der Waals surface area contributed by atoms with Crippen molar-refractivity contribution < 1.29 is 13.2 Å². The average molecular weight is 413 g/mol. The first-order chi connectivity index (χ1) is 13.7. The number of hydrogen-bond acceptors (Lipinski definition) is 5. The van der Waals surface area contributed by atoms with Gasteiger partial charge in [-0.05, 0) is 56.4 Å². The van der Waals surface area contributed by atoms with Gasteiger partial charge in [0.2, 0.25) is 0 Å². The van der Waals surface area contributed by atoms with E-state index in [1.165, 1.54) is 6.26 Å². The quantitative estimate of drug-likeness (QED) is 0.659. The Hall–Kier alpha value is -2.71. The van der Waals surface area contributed by atoms with Gasteiger partial charge in [-0.3, -0.25) is 9.36 Å². The van der Waals surface area contributed by atoms with Gasteiger partial charge in [-0.2, -0.15) is 0 Å². The minimum Gasteiger partial charge on any atom is -0.336 e. The summed E-state index contributed by atoms with van der Waals surface area (Å²) in [4.78, 5) is 21.9. The normalized spacial score (nSPS) is 15.8. The van der Waals surface area contributed by atoms with E-state index in [9.17, 15) is 13.2 Å². The summed E-state index contributed by atoms with van der Waals surface area (Å²) >= 11 is 0. The zero-order chi connectivity index (χ0) is 20.8. The molecule has 0 aliphatic carbocycles. The lowest BCUT2D eigenvalue weighted by atomic mass is 10.1. The highest BCUT2D eigenvalue weighted by Crippen LogP contribution is 2.24. The van der Waals surface area contributed by atoms with E-state index in [0.717, 1.165) is 48.7 Å². The van der Waals surface area contributed by atoms with Gasteiger partial charge >= 0.3 is 0 Å². The number of nitrogens with zero attached hydrogens (tertiary/aromatic N) is 4. The van der Waals surface area contributed by atoms with Crippen LogP contribution in [0.4, 0.5) is 0 Å². The van der Waals surface area contributed by atoms with Gasteiger partial charge in [-0.25, -0.2) is 13.4 Å². The molecule has 7 nitrogen and oxygen atoms in total. The minimum atomic E-state index is -3.25. The molecule has 1 saturated heterocycles. The van der Waals surface area contributed by atoms with Gasteiger partial charge in [-0.1, -0.05) is 0 Å². The van der Waals surface area contributed by atoms with Crippen LogP contribution in [0.15, 0.2) is 47.4 Å². The topological polar surface area (TPSA) is 75.5 Å². The SMILES string of the molecule is Cc1nc2ccc(C(=O)N3CCN(C)CC3)cc2n1-c1ccc(S(C)(=O)=O)cc1. The molecule has 2 heterocycles. The van der Waals surface area contributed by atoms with Gasteiger partial charge in [0.1, 0.15) is 5.82 Å². The Morgan fingerprint density at radius 2 is 1.66 bits per heavy atom. The molecule has 1 aliphatic rings. The Kier molecular flexibility index (Phi) is 4.92. The number of imidazole rings is 1. The maximum absolute atomic E-state index is 13.0. The van der Waals surface area contributed by atoms with Crippen molar-refractivity contribution in [2.24, 2.45) is 0 Å². The van der Waals surface area contributed by atoms with Gasteiger partial charge in [0.25, 0.3) is 5.91 Å². The van der Waals surface area contributed by atoms with Crippen molar-refractivity contribution in [3.8, 4) is 5.69 Å². The molecular formula is C21H24N4O3S. The number of benzene rings is 2. The van der Waals surface area contributed by atoms with Crippen LogP contribution in [0.2, 0.25) is 0 Å². The number of hydrogen-bond donors (Lipinski definition) is 0. The van der Waals surface area contributed by atoms with Crippen LogP contribution in [-0.2, 0) is 9.84 Å². The van der Waals surface area contributed by atoms with Crippen LogP contribution < -0.4 is 0 Å². The summed E-state index contributed by atoms with van der Waals surface area (Å²) in [6.45, 7) is 5.08. The number of aromatic nitrogens is 2. The number of sulfone groups is 1. The minimum absolute atomic E-state index is 0.0258. The third-order valence-electron chi connectivity index (χ3n) is 5.38. The fourth-order valence-electron chi connectivity index (χ4n) is 3.69. The first-order valence-corrected chi connectivity index (χ1v) is 11.4. The maximum atomic E-state index is 13.0. The van der Waals surface area contributed by atoms with Crippen molar-refractivity contribution in [1.82, 2.24) is 19.4 Å². The molecule has 0 atom stereocenters. The molecule has 1 amide bonds. The second kappa shape index (κ2) is 7.27. The Morgan fingerprint density at radius 3 is 2.28 bits per heavy atom. The van der Waals surface area contributed by atoms with Crippen LogP contribution in [0.25, 0.3) is 16.7 Å². The molecule has 8 heteroatoms. The van der Waals surface area contributed by atoms with Crippen LogP contribution in [0.3, 0.4) is 0 Å². The number of amides is 1. The molecule has 1 fully saturated rings. The molecule has 2 aromatic carbocycles. The molecule has 1 aromatic heterocycles. The summed E-state index contributed by atoms with van der Waals surface area (Å²) in [5.74, 6) is 0.800. The van der Waals surface area contributed by atoms with Crippen LogP contribution in [0.5, 0.6) is 0 Å². The molecule has 29 heavy (non-hydrogen) atoms. The largest absolute Gasteiger partial charge is 0.336 e. The molecule has 0 radical (unpaired) electrons. The number of carbonyl (C=O) groups is 1. The summed E-state index contributed by atoms with van der Waals surface area (Å²) in [6, 6.07) is 12.3. The fraction of sp³-hybridized carbons (Fsp3) is 0.333. The monoisotopic (exact) mass is 412 g/mol. The predicted molar refractivity (Wildman–Crippen MR) is 112 cm³/mol. The molecule has 0 N–H and O–H groups in total. The van der Waals surface area contributed by atoms with Gasteiger partial charge in [-0.15, -0.1) is 0 Å². The van der Waals surface area contributed by atoms with E-state index in [2.05, 4.69) is 16.9 Å². The van der Waals surface area contributed by atoms with E-state index in [-0.39, 0.29) is 10.8 Å². The number of piperazine rings is 1. The van der Waals surface area contributed by atoms with Crippen molar-refractivity contribution in [2.45, 2.75) is 11.8 Å². The third-order valence-corrected chi connectivity index (χ3v) is 6.51. The van der Waals surface area contributed by atoms with Gasteiger partial charge < -0.3 is 9.80 Å². The average Bonchev–Trinajstić information content (AvgIpc) is 3.02. The smallest absolute Gasteiger partial charge is 0.254 e. The van der Waals surface area contributed by atoms with E-state index in [4.69, 9.17) is 0 Å². The summed E-state index contributed by atoms with van der Waals surface area (Å²) in [5, 5.41) is 0. The lowest BCUT2D eigenvalue weighted by molar-refractivity contribution is 0.0664. The highest BCUT2D eigenvalue weighted by molar-refractivity contribution is 7.90. The van der Waals surface area contributed by atoms with Crippen LogP contribution in [0, 0.1) is 6.92 Å². The Morgan fingerprint density at radius 1 is 1.00 bits per heavy atom. The second-order valence-electron chi connectivity index (χ2n) is 7.56. The summed E-state index contributed by atoms with van der Waals surface area (Å²) in [7, 11) is -1.19. The number of likely N-dealkylation sites (N-methyl/N-ethyl adjacent to an activating group) is 1. The Bertz CT molecular complexity index is 1170. The molecule has 3 aromatic rings. The number of fused-ring (bicyclic) bond motifs is 1. The van der Waals surface area contributed by atoms with E-state index in [0.29, 0.717) is 5.56 Å². The summed E-state index contributed by atoms with van der Waals surface area (Å²) in [5.41, 5.74) is 3.07. The highest BCUT2D eigenvalue weighted by Gasteiger charge is 2.21. The van der Waals surface area contributed by atoms with Gasteiger partial charge in [0.15, 0.2) is 9.84 Å². The van der Waals surface area contributed by atoms with Gasteiger partial charge in [0, 0.05) is 43.7 Å². The van der Waals surface area contributed by atoms with E-state index >= 15 is 0 Å². The van der Waals surface area contributed by atoms with E-state index < -0.39 is 9.84 Å². The first-order valence-electron chi connectivity index (χ1n) is 9.51. The van der Waals surface area contributed by atoms with Gasteiger partial charge in [0.05, 0.1) is 15.9 Å². The molecule has 1 aliphatic heterocycles. The summed E-state index contributed by atoms with van der Waals surface area (Å²) < 4.78 is 25.4. The Labute approximate surface area is 170 Å².